The second-order valence-corrected chi connectivity index (χ2v) is 7.62. The Morgan fingerprint density at radius 3 is 2.40 bits per heavy atom. The Balaban J connectivity index is 1.84. The van der Waals surface area contributed by atoms with E-state index in [4.69, 9.17) is 0 Å². The molecule has 8 heteroatoms. The van der Waals surface area contributed by atoms with Crippen LogP contribution in [0.25, 0.3) is 5.57 Å². The minimum Gasteiger partial charge on any atom is -0.366 e. The smallest absolute Gasteiger partial charge is 0.282 e. The zero-order chi connectivity index (χ0) is 21.4. The summed E-state index contributed by atoms with van der Waals surface area (Å²) in [5.74, 6) is -1.54. The molecular formula is C22H20FN3O4. The fraction of sp³-hybridized carbons (Fsp3) is 0.273. The number of hydrogen-bond donors (Lipinski definition) is 0. The lowest BCUT2D eigenvalue weighted by Gasteiger charge is -2.33. The molecule has 4 rings (SSSR count). The summed E-state index contributed by atoms with van der Waals surface area (Å²) >= 11 is 0. The number of imide groups is 1. The number of amides is 2. The number of halogens is 1. The summed E-state index contributed by atoms with van der Waals surface area (Å²) < 4.78 is 14.4. The van der Waals surface area contributed by atoms with Crippen molar-refractivity contribution < 1.29 is 18.9 Å². The van der Waals surface area contributed by atoms with Gasteiger partial charge in [-0.1, -0.05) is 19.1 Å². The van der Waals surface area contributed by atoms with E-state index < -0.39 is 22.6 Å². The SMILES string of the molecule is CC1CCCN(C2=C(c3ccc([N+](=O)[O-])cc3)C(=O)N(c3ccccc3F)C2=O)C1. The third-order valence-corrected chi connectivity index (χ3v) is 5.49. The number of hydrogen-bond acceptors (Lipinski definition) is 5. The van der Waals surface area contributed by atoms with E-state index in [2.05, 4.69) is 6.92 Å². The number of likely N-dealkylation sites (tertiary alicyclic amines) is 1. The van der Waals surface area contributed by atoms with E-state index in [1.165, 1.54) is 42.5 Å². The van der Waals surface area contributed by atoms with Crippen LogP contribution in [0.3, 0.4) is 0 Å². The molecule has 7 nitrogen and oxygen atoms in total. The van der Waals surface area contributed by atoms with Gasteiger partial charge in [-0.15, -0.1) is 0 Å². The standard InChI is InChI=1S/C22H20FN3O4/c1-14-5-4-12-24(13-14)20-19(15-8-10-16(11-9-15)26(29)30)21(27)25(22(20)28)18-7-3-2-6-17(18)23/h2-3,6-11,14H,4-5,12-13H2,1H3. The summed E-state index contributed by atoms with van der Waals surface area (Å²) in [6.45, 7) is 3.30. The van der Waals surface area contributed by atoms with Crippen LogP contribution in [0.5, 0.6) is 0 Å². The molecule has 30 heavy (non-hydrogen) atoms. The van der Waals surface area contributed by atoms with Gasteiger partial charge in [-0.2, -0.15) is 0 Å². The molecule has 2 aliphatic rings. The van der Waals surface area contributed by atoms with Gasteiger partial charge < -0.3 is 4.90 Å². The molecule has 1 fully saturated rings. The Morgan fingerprint density at radius 2 is 1.77 bits per heavy atom. The second-order valence-electron chi connectivity index (χ2n) is 7.62. The van der Waals surface area contributed by atoms with Gasteiger partial charge in [0.25, 0.3) is 17.5 Å². The number of anilines is 1. The maximum absolute atomic E-state index is 14.4. The molecule has 0 aromatic heterocycles. The molecule has 0 bridgehead atoms. The molecule has 2 aliphatic heterocycles. The summed E-state index contributed by atoms with van der Waals surface area (Å²) in [7, 11) is 0. The summed E-state index contributed by atoms with van der Waals surface area (Å²) in [6, 6.07) is 11.1. The molecule has 0 aliphatic carbocycles. The van der Waals surface area contributed by atoms with Gasteiger partial charge in [-0.3, -0.25) is 19.7 Å². The van der Waals surface area contributed by atoms with Crippen molar-refractivity contribution in [3.05, 3.63) is 75.7 Å². The van der Waals surface area contributed by atoms with Gasteiger partial charge in [0.05, 0.1) is 16.2 Å². The molecule has 2 aromatic carbocycles. The lowest BCUT2D eigenvalue weighted by Crippen LogP contribution is -2.39. The van der Waals surface area contributed by atoms with Crippen LogP contribution >= 0.6 is 0 Å². The summed E-state index contributed by atoms with van der Waals surface area (Å²) in [5.41, 5.74) is 0.545. The number of piperidine rings is 1. The molecule has 1 unspecified atom stereocenters. The third-order valence-electron chi connectivity index (χ3n) is 5.49. The third kappa shape index (κ3) is 3.34. The van der Waals surface area contributed by atoms with Crippen LogP contribution in [0.4, 0.5) is 15.8 Å². The highest BCUT2D eigenvalue weighted by Crippen LogP contribution is 2.37. The van der Waals surface area contributed by atoms with Crippen molar-refractivity contribution in [3.8, 4) is 0 Å². The molecule has 0 spiro atoms. The minimum absolute atomic E-state index is 0.105. The highest BCUT2D eigenvalue weighted by molar-refractivity contribution is 6.45. The molecule has 1 saturated heterocycles. The quantitative estimate of drug-likeness (QED) is 0.436. The molecule has 2 aromatic rings. The van der Waals surface area contributed by atoms with E-state index in [1.807, 2.05) is 4.90 Å². The normalized spacial score (nSPS) is 19.6. The molecule has 2 amide bonds. The van der Waals surface area contributed by atoms with Crippen LogP contribution < -0.4 is 4.90 Å². The predicted molar refractivity (Wildman–Crippen MR) is 109 cm³/mol. The molecule has 0 saturated carbocycles. The maximum atomic E-state index is 14.4. The van der Waals surface area contributed by atoms with Crippen LogP contribution in [0.1, 0.15) is 25.3 Å². The van der Waals surface area contributed by atoms with Gasteiger partial charge in [-0.05, 0) is 48.6 Å². The summed E-state index contributed by atoms with van der Waals surface area (Å²) in [6.07, 6.45) is 1.90. The lowest BCUT2D eigenvalue weighted by atomic mass is 9.97. The number of carbonyl (C=O) groups excluding carboxylic acids is 2. The molecule has 0 N–H and O–H groups in total. The van der Waals surface area contributed by atoms with Crippen molar-refractivity contribution in [2.75, 3.05) is 18.0 Å². The van der Waals surface area contributed by atoms with Gasteiger partial charge in [0, 0.05) is 25.2 Å². The number of carbonyl (C=O) groups is 2. The Bertz CT molecular complexity index is 1060. The molecule has 0 radical (unpaired) electrons. The zero-order valence-corrected chi connectivity index (χ0v) is 16.4. The first-order valence-electron chi connectivity index (χ1n) is 9.76. The van der Waals surface area contributed by atoms with E-state index in [9.17, 15) is 24.1 Å². The number of nitrogens with zero attached hydrogens (tertiary/aromatic N) is 3. The molecule has 2 heterocycles. The van der Waals surface area contributed by atoms with Crippen LogP contribution in [0.2, 0.25) is 0 Å². The first-order valence-corrected chi connectivity index (χ1v) is 9.76. The van der Waals surface area contributed by atoms with E-state index >= 15 is 0 Å². The Labute approximate surface area is 172 Å². The number of benzene rings is 2. The van der Waals surface area contributed by atoms with Crippen LogP contribution in [-0.4, -0.2) is 34.7 Å². The van der Waals surface area contributed by atoms with Crippen molar-refractivity contribution in [1.29, 1.82) is 0 Å². The molecular weight excluding hydrogens is 389 g/mol. The molecule has 1 atom stereocenters. The average molecular weight is 409 g/mol. The number of rotatable bonds is 4. The Kier molecular flexibility index (Phi) is 5.07. The van der Waals surface area contributed by atoms with Gasteiger partial charge in [0.2, 0.25) is 0 Å². The van der Waals surface area contributed by atoms with Crippen LogP contribution in [0.15, 0.2) is 54.2 Å². The monoisotopic (exact) mass is 409 g/mol. The largest absolute Gasteiger partial charge is 0.366 e. The fourth-order valence-corrected chi connectivity index (χ4v) is 4.07. The first-order chi connectivity index (χ1) is 14.4. The summed E-state index contributed by atoms with van der Waals surface area (Å²) in [4.78, 5) is 39.9. The average Bonchev–Trinajstić information content (AvgIpc) is 2.99. The van der Waals surface area contributed by atoms with Gasteiger partial charge in [0.15, 0.2) is 0 Å². The Hall–Kier alpha value is -3.55. The highest BCUT2D eigenvalue weighted by atomic mass is 19.1. The van der Waals surface area contributed by atoms with Crippen LogP contribution in [-0.2, 0) is 9.59 Å². The van der Waals surface area contributed by atoms with Crippen molar-refractivity contribution in [3.63, 3.8) is 0 Å². The van der Waals surface area contributed by atoms with Gasteiger partial charge in [-0.25, -0.2) is 9.29 Å². The molecule has 154 valence electrons. The van der Waals surface area contributed by atoms with Crippen LogP contribution in [0, 0.1) is 21.8 Å². The van der Waals surface area contributed by atoms with Crippen molar-refractivity contribution in [1.82, 2.24) is 4.90 Å². The first kappa shape index (κ1) is 19.8. The van der Waals surface area contributed by atoms with Gasteiger partial charge in [0.1, 0.15) is 11.5 Å². The van der Waals surface area contributed by atoms with Crippen molar-refractivity contribution in [2.45, 2.75) is 19.8 Å². The lowest BCUT2D eigenvalue weighted by molar-refractivity contribution is -0.384. The Morgan fingerprint density at radius 1 is 1.07 bits per heavy atom. The number of nitro benzene ring substituents is 1. The van der Waals surface area contributed by atoms with E-state index in [-0.39, 0.29) is 22.6 Å². The van der Waals surface area contributed by atoms with Crippen molar-refractivity contribution in [2.24, 2.45) is 5.92 Å². The number of para-hydroxylation sites is 1. The predicted octanol–water partition coefficient (Wildman–Crippen LogP) is 3.75. The topological polar surface area (TPSA) is 83.8 Å². The van der Waals surface area contributed by atoms with Crippen molar-refractivity contribution >= 4 is 28.8 Å². The van der Waals surface area contributed by atoms with E-state index in [0.717, 1.165) is 17.7 Å². The minimum atomic E-state index is -0.671. The zero-order valence-electron chi connectivity index (χ0n) is 16.4. The van der Waals surface area contributed by atoms with E-state index in [0.29, 0.717) is 24.6 Å². The second kappa shape index (κ2) is 7.70. The van der Waals surface area contributed by atoms with Gasteiger partial charge >= 0.3 is 0 Å². The maximum Gasteiger partial charge on any atom is 0.282 e. The summed E-state index contributed by atoms with van der Waals surface area (Å²) in [5, 5.41) is 11.0. The van der Waals surface area contributed by atoms with E-state index in [1.54, 1.807) is 6.07 Å². The highest BCUT2D eigenvalue weighted by Gasteiger charge is 2.44. The fourth-order valence-electron chi connectivity index (χ4n) is 4.07. The number of nitro groups is 1. The number of non-ortho nitro benzene ring substituents is 1.